The van der Waals surface area contributed by atoms with E-state index in [1.165, 1.54) is 4.31 Å². The summed E-state index contributed by atoms with van der Waals surface area (Å²) in [7, 11) is -1.49. The van der Waals surface area contributed by atoms with Gasteiger partial charge in [-0.1, -0.05) is 43.5 Å². The monoisotopic (exact) mass is 456 g/mol. The van der Waals surface area contributed by atoms with Gasteiger partial charge in [-0.15, -0.1) is 5.73 Å². The molecule has 8 heteroatoms. The predicted molar refractivity (Wildman–Crippen MR) is 130 cm³/mol. The number of nitrogens with zero attached hydrogens (tertiary/aromatic N) is 3. The number of sulfonamides is 1. The average Bonchev–Trinajstić information content (AvgIpc) is 2.80. The number of pyridine rings is 1. The molecule has 0 atom stereocenters. The van der Waals surface area contributed by atoms with Crippen molar-refractivity contribution < 1.29 is 13.2 Å². The molecule has 0 saturated carbocycles. The Hall–Kier alpha value is -2.93. The number of carbonyl (C=O) groups is 1. The Morgan fingerprint density at radius 3 is 2.25 bits per heavy atom. The van der Waals surface area contributed by atoms with Crippen molar-refractivity contribution >= 4 is 21.7 Å². The van der Waals surface area contributed by atoms with Crippen LogP contribution in [0.15, 0.2) is 67.6 Å². The summed E-state index contributed by atoms with van der Waals surface area (Å²) in [6, 6.07) is 13.3. The van der Waals surface area contributed by atoms with E-state index in [0.717, 1.165) is 11.3 Å². The second-order valence-electron chi connectivity index (χ2n) is 7.81. The fourth-order valence-corrected chi connectivity index (χ4v) is 4.72. The highest BCUT2D eigenvalue weighted by Crippen LogP contribution is 2.22. The number of hydrogen-bond acceptors (Lipinski definition) is 4. The van der Waals surface area contributed by atoms with Crippen molar-refractivity contribution in [3.8, 4) is 11.3 Å². The quantitative estimate of drug-likeness (QED) is 0.677. The van der Waals surface area contributed by atoms with Crippen LogP contribution < -0.4 is 5.32 Å². The summed E-state index contributed by atoms with van der Waals surface area (Å²) in [6.07, 6.45) is 2.90. The first-order chi connectivity index (χ1) is 15.2. The minimum absolute atomic E-state index is 0.00478. The van der Waals surface area contributed by atoms with Gasteiger partial charge in [-0.05, 0) is 38.8 Å². The van der Waals surface area contributed by atoms with E-state index in [-0.39, 0.29) is 12.1 Å². The van der Waals surface area contributed by atoms with E-state index in [1.54, 1.807) is 32.0 Å². The molecule has 0 unspecified atom stereocenters. The lowest BCUT2D eigenvalue weighted by molar-refractivity contribution is 0.173. The average molecular weight is 457 g/mol. The molecule has 7 nitrogen and oxygen atoms in total. The van der Waals surface area contributed by atoms with Gasteiger partial charge in [-0.3, -0.25) is 4.98 Å². The molecular formula is C24H32N4O3S. The summed E-state index contributed by atoms with van der Waals surface area (Å²) in [5.74, 6) is 0. The highest BCUT2D eigenvalue weighted by molar-refractivity contribution is 7.89. The molecule has 1 aromatic heterocycles. The number of nitrogens with one attached hydrogen (secondary N) is 1. The van der Waals surface area contributed by atoms with Crippen LogP contribution >= 0.6 is 0 Å². The van der Waals surface area contributed by atoms with Crippen molar-refractivity contribution in [2.45, 2.75) is 38.0 Å². The summed E-state index contributed by atoms with van der Waals surface area (Å²) < 4.78 is 26.1. The summed E-state index contributed by atoms with van der Waals surface area (Å²) in [5, 5.41) is 2.45. The number of piperidine rings is 1. The fourth-order valence-electron chi connectivity index (χ4n) is 3.41. The number of aromatic nitrogens is 1. The van der Waals surface area contributed by atoms with Crippen molar-refractivity contribution in [3.63, 3.8) is 0 Å². The van der Waals surface area contributed by atoms with Gasteiger partial charge in [0, 0.05) is 31.7 Å². The molecule has 0 bridgehead atoms. The number of benzene rings is 1. The van der Waals surface area contributed by atoms with E-state index >= 15 is 0 Å². The molecule has 32 heavy (non-hydrogen) atoms. The molecule has 1 aromatic carbocycles. The molecule has 0 aliphatic carbocycles. The van der Waals surface area contributed by atoms with Crippen LogP contribution in [-0.2, 0) is 10.0 Å². The molecule has 1 N–H and O–H groups in total. The maximum Gasteiger partial charge on any atom is 0.321 e. The van der Waals surface area contributed by atoms with E-state index in [0.29, 0.717) is 31.6 Å². The Balaban J connectivity index is 0.00000114. The molecule has 2 heterocycles. The Bertz CT molecular complexity index is 1010. The van der Waals surface area contributed by atoms with Gasteiger partial charge in [0.25, 0.3) is 0 Å². The zero-order valence-electron chi connectivity index (χ0n) is 19.0. The van der Waals surface area contributed by atoms with E-state index in [2.05, 4.69) is 29.2 Å². The third-order valence-electron chi connectivity index (χ3n) is 5.33. The Labute approximate surface area is 191 Å². The zero-order valence-corrected chi connectivity index (χ0v) is 19.8. The molecule has 1 saturated heterocycles. The van der Waals surface area contributed by atoms with Gasteiger partial charge in [0.05, 0.1) is 22.8 Å². The van der Waals surface area contributed by atoms with Crippen LogP contribution in [0.5, 0.6) is 0 Å². The fraction of sp³-hybridized carbons (Fsp3) is 0.375. The van der Waals surface area contributed by atoms with Crippen molar-refractivity contribution in [2.75, 3.05) is 25.5 Å². The Kier molecular flexibility index (Phi) is 9.20. The van der Waals surface area contributed by atoms with Crippen LogP contribution in [0.25, 0.3) is 11.3 Å². The number of hydrogen-bond donors (Lipinski definition) is 1. The summed E-state index contributed by atoms with van der Waals surface area (Å²) in [5.41, 5.74) is 4.74. The molecule has 1 aliphatic heterocycles. The Morgan fingerprint density at radius 1 is 1.16 bits per heavy atom. The van der Waals surface area contributed by atoms with Crippen LogP contribution in [0.2, 0.25) is 0 Å². The van der Waals surface area contributed by atoms with Crippen LogP contribution in [0.1, 0.15) is 26.7 Å². The molecule has 1 fully saturated rings. The van der Waals surface area contributed by atoms with Crippen LogP contribution in [0, 0.1) is 0 Å². The maximum atomic E-state index is 12.6. The molecule has 172 valence electrons. The van der Waals surface area contributed by atoms with Crippen molar-refractivity contribution in [1.29, 1.82) is 0 Å². The maximum absolute atomic E-state index is 12.6. The number of amides is 2. The molecule has 0 spiro atoms. The van der Waals surface area contributed by atoms with E-state index in [9.17, 15) is 13.2 Å². The largest absolute Gasteiger partial charge is 0.325 e. The molecular weight excluding hydrogens is 424 g/mol. The van der Waals surface area contributed by atoms with Crippen molar-refractivity contribution in [2.24, 2.45) is 0 Å². The van der Waals surface area contributed by atoms with E-state index < -0.39 is 15.3 Å². The highest BCUT2D eigenvalue weighted by Gasteiger charge is 2.32. The predicted octanol–water partition coefficient (Wildman–Crippen LogP) is 4.37. The van der Waals surface area contributed by atoms with Crippen LogP contribution in [0.3, 0.4) is 0 Å². The lowest BCUT2D eigenvalue weighted by Crippen LogP contribution is -2.49. The van der Waals surface area contributed by atoms with Crippen molar-refractivity contribution in [3.05, 3.63) is 67.6 Å². The third kappa shape index (κ3) is 6.53. The molecule has 1 aliphatic rings. The minimum Gasteiger partial charge on any atom is -0.325 e. The molecule has 0 radical (unpaired) electrons. The number of carbonyl (C=O) groups excluding carboxylic acids is 1. The van der Waals surface area contributed by atoms with Gasteiger partial charge in [-0.2, -0.15) is 0 Å². The van der Waals surface area contributed by atoms with E-state index in [4.69, 9.17) is 0 Å². The smallest absolute Gasteiger partial charge is 0.321 e. The zero-order chi connectivity index (χ0) is 23.7. The number of rotatable bonds is 5. The number of urea groups is 1. The molecule has 3 rings (SSSR count). The normalized spacial score (nSPS) is 14.8. The second kappa shape index (κ2) is 11.6. The molecule has 2 aromatic rings. The lowest BCUT2D eigenvalue weighted by Gasteiger charge is -2.36. The summed E-state index contributed by atoms with van der Waals surface area (Å²) in [4.78, 5) is 18.7. The Morgan fingerprint density at radius 2 is 1.75 bits per heavy atom. The van der Waals surface area contributed by atoms with Gasteiger partial charge in [0.15, 0.2) is 0 Å². The van der Waals surface area contributed by atoms with Gasteiger partial charge in [0.1, 0.15) is 0 Å². The highest BCUT2D eigenvalue weighted by atomic mass is 32.2. The topological polar surface area (TPSA) is 82.6 Å². The van der Waals surface area contributed by atoms with Gasteiger partial charge < -0.3 is 10.2 Å². The summed E-state index contributed by atoms with van der Waals surface area (Å²) >= 11 is 0. The standard InChI is InChI=1S/C21H28N4O3S.C3H4/c1-16(2)29(27,28)25-13-11-19(12-14-25)24(3)21(26)23-18-9-10-20(22-15-18)17-7-5-4-6-8-17;1-3-2/h4-10,15-16,19H,11-14H2,1-3H3,(H,23,26);1-2H2. The van der Waals surface area contributed by atoms with Gasteiger partial charge in [-0.25, -0.2) is 17.5 Å². The van der Waals surface area contributed by atoms with E-state index in [1.807, 2.05) is 42.5 Å². The number of anilines is 1. The van der Waals surface area contributed by atoms with Crippen molar-refractivity contribution in [1.82, 2.24) is 14.2 Å². The lowest BCUT2D eigenvalue weighted by atomic mass is 10.1. The molecule has 2 amide bonds. The van der Waals surface area contributed by atoms with Gasteiger partial charge >= 0.3 is 6.03 Å². The summed E-state index contributed by atoms with van der Waals surface area (Å²) in [6.45, 7) is 10.5. The first-order valence-electron chi connectivity index (χ1n) is 10.5. The van der Waals surface area contributed by atoms with Crippen LogP contribution in [0.4, 0.5) is 10.5 Å². The van der Waals surface area contributed by atoms with Crippen LogP contribution in [-0.4, -0.2) is 60.1 Å². The third-order valence-corrected chi connectivity index (χ3v) is 7.61. The first-order valence-corrected chi connectivity index (χ1v) is 12.0. The minimum atomic E-state index is -3.24. The second-order valence-corrected chi connectivity index (χ2v) is 10.3. The SMILES string of the molecule is C=C=C.CC(C)S(=O)(=O)N1CCC(N(C)C(=O)Nc2ccc(-c3ccccc3)nc2)CC1. The van der Waals surface area contributed by atoms with Gasteiger partial charge in [0.2, 0.25) is 10.0 Å². The first kappa shape index (κ1) is 25.3.